The molecule has 2 fully saturated rings. The van der Waals surface area contributed by atoms with Gasteiger partial charge in [-0.05, 0) is 19.3 Å². The lowest BCUT2D eigenvalue weighted by Crippen LogP contribution is -2.44. The van der Waals surface area contributed by atoms with Gasteiger partial charge in [0.05, 0.1) is 12.4 Å². The molecule has 130 valence electrons. The zero-order valence-electron chi connectivity index (χ0n) is 13.7. The summed E-state index contributed by atoms with van der Waals surface area (Å²) in [6.07, 6.45) is 4.36. The molecule has 0 amide bonds. The molecule has 1 saturated carbocycles. The van der Waals surface area contributed by atoms with Crippen LogP contribution in [0.25, 0.3) is 0 Å². The van der Waals surface area contributed by atoms with Gasteiger partial charge in [0.2, 0.25) is 0 Å². The molecule has 1 heterocycles. The normalized spacial score (nSPS) is 23.8. The van der Waals surface area contributed by atoms with Gasteiger partial charge in [-0.15, -0.1) is 24.0 Å². The van der Waals surface area contributed by atoms with Crippen molar-refractivity contribution in [3.05, 3.63) is 0 Å². The molecular weight excluding hydrogens is 417 g/mol. The van der Waals surface area contributed by atoms with Gasteiger partial charge in [-0.25, -0.2) is 8.42 Å². The number of nitrogens with zero attached hydrogens (tertiary/aromatic N) is 2. The van der Waals surface area contributed by atoms with Gasteiger partial charge in [0.25, 0.3) is 0 Å². The molecular formula is C14H28IN3O3S. The van der Waals surface area contributed by atoms with E-state index in [2.05, 4.69) is 15.2 Å². The van der Waals surface area contributed by atoms with Gasteiger partial charge >= 0.3 is 0 Å². The first-order valence-corrected chi connectivity index (χ1v) is 9.57. The standard InChI is InChI=1S/C14H27N3O3S.HI/c1-15-13(17(2)8-12-4-7-20-9-12)16-10-14(5-6-14)11-21(3,18)19;/h12H,4-11H2,1-3H3,(H,15,16);1H. The summed E-state index contributed by atoms with van der Waals surface area (Å²) in [4.78, 5) is 6.41. The summed E-state index contributed by atoms with van der Waals surface area (Å²) in [6, 6.07) is 0. The maximum atomic E-state index is 11.5. The van der Waals surface area contributed by atoms with E-state index >= 15 is 0 Å². The number of nitrogens with one attached hydrogen (secondary N) is 1. The van der Waals surface area contributed by atoms with Crippen LogP contribution in [-0.4, -0.2) is 71.7 Å². The van der Waals surface area contributed by atoms with Crippen molar-refractivity contribution in [3.8, 4) is 0 Å². The van der Waals surface area contributed by atoms with Gasteiger partial charge in [0.15, 0.2) is 5.96 Å². The number of hydrogen-bond donors (Lipinski definition) is 1. The van der Waals surface area contributed by atoms with E-state index in [1.165, 1.54) is 6.26 Å². The second-order valence-corrected chi connectivity index (χ2v) is 8.72. The average Bonchev–Trinajstić information content (AvgIpc) is 2.93. The van der Waals surface area contributed by atoms with Gasteiger partial charge in [0.1, 0.15) is 9.84 Å². The van der Waals surface area contributed by atoms with Gasteiger partial charge in [-0.2, -0.15) is 0 Å². The highest BCUT2D eigenvalue weighted by Crippen LogP contribution is 2.46. The molecule has 0 aromatic rings. The minimum atomic E-state index is -2.92. The zero-order valence-corrected chi connectivity index (χ0v) is 16.8. The lowest BCUT2D eigenvalue weighted by Gasteiger charge is -2.26. The van der Waals surface area contributed by atoms with E-state index in [-0.39, 0.29) is 35.1 Å². The predicted molar refractivity (Wildman–Crippen MR) is 99.7 cm³/mol. The van der Waals surface area contributed by atoms with Gasteiger partial charge in [-0.3, -0.25) is 4.99 Å². The summed E-state index contributed by atoms with van der Waals surface area (Å²) in [6.45, 7) is 3.26. The molecule has 1 aliphatic heterocycles. The van der Waals surface area contributed by atoms with Crippen molar-refractivity contribution in [2.75, 3.05) is 52.4 Å². The Morgan fingerprint density at radius 2 is 2.14 bits per heavy atom. The van der Waals surface area contributed by atoms with Crippen molar-refractivity contribution in [2.24, 2.45) is 16.3 Å². The molecule has 2 aliphatic rings. The Morgan fingerprint density at radius 1 is 1.45 bits per heavy atom. The lowest BCUT2D eigenvalue weighted by molar-refractivity contribution is 0.181. The third kappa shape index (κ3) is 6.19. The largest absolute Gasteiger partial charge is 0.381 e. The summed E-state index contributed by atoms with van der Waals surface area (Å²) in [5, 5.41) is 3.34. The molecule has 0 bridgehead atoms. The fourth-order valence-electron chi connectivity index (χ4n) is 2.96. The van der Waals surface area contributed by atoms with Crippen LogP contribution < -0.4 is 5.32 Å². The summed E-state index contributed by atoms with van der Waals surface area (Å²) in [5.41, 5.74) is -0.0825. The molecule has 0 radical (unpaired) electrons. The van der Waals surface area contributed by atoms with E-state index in [0.29, 0.717) is 12.5 Å². The fraction of sp³-hybridized carbons (Fsp3) is 0.929. The third-order valence-corrected chi connectivity index (χ3v) is 5.41. The SMILES string of the molecule is CN=C(NCC1(CS(C)(=O)=O)CC1)N(C)CC1CCOC1.I. The molecule has 2 rings (SSSR count). The van der Waals surface area contributed by atoms with Crippen molar-refractivity contribution in [1.82, 2.24) is 10.2 Å². The molecule has 0 spiro atoms. The Labute approximate surface area is 151 Å². The average molecular weight is 445 g/mol. The molecule has 22 heavy (non-hydrogen) atoms. The summed E-state index contributed by atoms with van der Waals surface area (Å²) < 4.78 is 28.4. The number of rotatable bonds is 6. The lowest BCUT2D eigenvalue weighted by atomic mass is 10.1. The Balaban J connectivity index is 0.00000242. The number of guanidine groups is 1. The van der Waals surface area contributed by atoms with Crippen molar-refractivity contribution in [2.45, 2.75) is 19.3 Å². The third-order valence-electron chi connectivity index (χ3n) is 4.28. The Morgan fingerprint density at radius 3 is 2.59 bits per heavy atom. The predicted octanol–water partition coefficient (Wildman–Crippen LogP) is 0.973. The monoisotopic (exact) mass is 445 g/mol. The van der Waals surface area contributed by atoms with Crippen LogP contribution in [0.4, 0.5) is 0 Å². The molecule has 0 aromatic heterocycles. The molecule has 6 nitrogen and oxygen atoms in total. The number of halogens is 1. The molecule has 1 atom stereocenters. The van der Waals surface area contributed by atoms with Crippen LogP contribution >= 0.6 is 24.0 Å². The van der Waals surface area contributed by atoms with Gasteiger partial charge in [0, 0.05) is 51.4 Å². The van der Waals surface area contributed by atoms with Crippen LogP contribution in [0, 0.1) is 11.3 Å². The smallest absolute Gasteiger partial charge is 0.193 e. The highest BCUT2D eigenvalue weighted by molar-refractivity contribution is 14.0. The quantitative estimate of drug-likeness (QED) is 0.375. The van der Waals surface area contributed by atoms with E-state index in [1.807, 2.05) is 7.05 Å². The molecule has 1 N–H and O–H groups in total. The minimum absolute atomic E-state index is 0. The highest BCUT2D eigenvalue weighted by atomic mass is 127. The van der Waals surface area contributed by atoms with E-state index in [1.54, 1.807) is 7.05 Å². The Kier molecular flexibility index (Phi) is 7.38. The second-order valence-electron chi connectivity index (χ2n) is 6.58. The fourth-order valence-corrected chi connectivity index (χ4v) is 4.46. The van der Waals surface area contributed by atoms with Gasteiger partial charge in [-0.1, -0.05) is 0 Å². The number of hydrogen-bond acceptors (Lipinski definition) is 4. The van der Waals surface area contributed by atoms with Crippen LogP contribution in [0.1, 0.15) is 19.3 Å². The Bertz CT molecular complexity index is 486. The van der Waals surface area contributed by atoms with E-state index in [4.69, 9.17) is 4.74 Å². The van der Waals surface area contributed by atoms with Crippen LogP contribution in [0.2, 0.25) is 0 Å². The van der Waals surface area contributed by atoms with Crippen molar-refractivity contribution < 1.29 is 13.2 Å². The van der Waals surface area contributed by atoms with Crippen LogP contribution in [0.3, 0.4) is 0 Å². The van der Waals surface area contributed by atoms with Crippen LogP contribution in [0.15, 0.2) is 4.99 Å². The second kappa shape index (κ2) is 8.14. The van der Waals surface area contributed by atoms with E-state index < -0.39 is 9.84 Å². The first kappa shape index (κ1) is 20.0. The molecule has 0 aromatic carbocycles. The Hall–Kier alpha value is -0.0900. The number of ether oxygens (including phenoxy) is 1. The minimum Gasteiger partial charge on any atom is -0.381 e. The van der Waals surface area contributed by atoms with Crippen molar-refractivity contribution >= 4 is 39.8 Å². The first-order valence-electron chi connectivity index (χ1n) is 7.51. The number of aliphatic imine (C=N–C) groups is 1. The molecule has 1 aliphatic carbocycles. The topological polar surface area (TPSA) is 71.0 Å². The van der Waals surface area contributed by atoms with Gasteiger partial charge < -0.3 is 15.0 Å². The molecule has 1 unspecified atom stereocenters. The molecule has 8 heteroatoms. The maximum absolute atomic E-state index is 11.5. The summed E-state index contributed by atoms with van der Waals surface area (Å²) >= 11 is 0. The summed E-state index contributed by atoms with van der Waals surface area (Å²) in [5.74, 6) is 1.66. The summed E-state index contributed by atoms with van der Waals surface area (Å²) in [7, 11) is 0.859. The van der Waals surface area contributed by atoms with E-state index in [0.717, 1.165) is 45.0 Å². The zero-order chi connectivity index (χ0) is 15.5. The first-order chi connectivity index (χ1) is 9.84. The van der Waals surface area contributed by atoms with Crippen LogP contribution in [-0.2, 0) is 14.6 Å². The number of sulfone groups is 1. The van der Waals surface area contributed by atoms with Crippen molar-refractivity contribution in [3.63, 3.8) is 0 Å². The molecule has 1 saturated heterocycles. The maximum Gasteiger partial charge on any atom is 0.193 e. The van der Waals surface area contributed by atoms with Crippen LogP contribution in [0.5, 0.6) is 0 Å². The van der Waals surface area contributed by atoms with Crippen molar-refractivity contribution in [1.29, 1.82) is 0 Å². The highest BCUT2D eigenvalue weighted by Gasteiger charge is 2.45. The van der Waals surface area contributed by atoms with E-state index in [9.17, 15) is 8.42 Å².